The molecule has 0 aliphatic carbocycles. The van der Waals surface area contributed by atoms with Crippen molar-refractivity contribution in [2.75, 3.05) is 38.2 Å². The third kappa shape index (κ3) is 4.98. The van der Waals surface area contributed by atoms with Gasteiger partial charge in [-0.15, -0.1) is 0 Å². The predicted octanol–water partition coefficient (Wildman–Crippen LogP) is 2.30. The van der Waals surface area contributed by atoms with Crippen LogP contribution >= 0.6 is 0 Å². The Hall–Kier alpha value is -2.67. The summed E-state index contributed by atoms with van der Waals surface area (Å²) in [6.07, 6.45) is 10.4. The van der Waals surface area contributed by atoms with Crippen LogP contribution in [-0.2, 0) is 6.54 Å². The van der Waals surface area contributed by atoms with E-state index in [-0.39, 0.29) is 0 Å². The van der Waals surface area contributed by atoms with Crippen LogP contribution in [0.25, 0.3) is 0 Å². The summed E-state index contributed by atoms with van der Waals surface area (Å²) < 4.78 is 0. The molecule has 0 saturated carbocycles. The van der Waals surface area contributed by atoms with Gasteiger partial charge in [0.1, 0.15) is 0 Å². The number of likely N-dealkylation sites (tertiary alicyclic amines) is 1. The molecule has 2 aromatic heterocycles. The minimum atomic E-state index is 0.633. The molecule has 0 radical (unpaired) electrons. The summed E-state index contributed by atoms with van der Waals surface area (Å²) in [4.78, 5) is 20.4. The van der Waals surface area contributed by atoms with E-state index in [1.54, 1.807) is 12.4 Å². The number of nitrogens with zero attached hydrogens (tertiary/aromatic N) is 6. The zero-order chi connectivity index (χ0) is 19.2. The van der Waals surface area contributed by atoms with Gasteiger partial charge in [0.25, 0.3) is 0 Å². The monoisotopic (exact) mass is 379 g/mol. The molecule has 148 valence electrons. The van der Waals surface area contributed by atoms with Crippen LogP contribution in [0.5, 0.6) is 0 Å². The van der Waals surface area contributed by atoms with Gasteiger partial charge in [-0.25, -0.2) is 9.97 Å². The number of anilines is 1. The zero-order valence-electron chi connectivity index (χ0n) is 16.5. The van der Waals surface area contributed by atoms with Crippen molar-refractivity contribution in [2.45, 2.75) is 32.4 Å². The lowest BCUT2D eigenvalue weighted by molar-refractivity contribution is 0.125. The van der Waals surface area contributed by atoms with Gasteiger partial charge in [-0.1, -0.05) is 6.07 Å². The molecule has 4 rings (SSSR count). The molecule has 2 aromatic rings. The van der Waals surface area contributed by atoms with Gasteiger partial charge >= 0.3 is 0 Å². The maximum absolute atomic E-state index is 4.62. The first kappa shape index (κ1) is 18.7. The molecule has 2 aliphatic rings. The second kappa shape index (κ2) is 9.01. The highest BCUT2D eigenvalue weighted by Gasteiger charge is 2.25. The maximum atomic E-state index is 4.62. The van der Waals surface area contributed by atoms with Crippen LogP contribution in [0, 0.1) is 6.92 Å². The summed E-state index contributed by atoms with van der Waals surface area (Å²) >= 11 is 0. The average Bonchev–Trinajstić information content (AvgIpc) is 3.18. The van der Waals surface area contributed by atoms with Crippen molar-refractivity contribution in [3.8, 4) is 0 Å². The molecule has 0 aromatic carbocycles. The van der Waals surface area contributed by atoms with E-state index >= 15 is 0 Å². The van der Waals surface area contributed by atoms with Crippen LogP contribution in [0.2, 0.25) is 0 Å². The summed E-state index contributed by atoms with van der Waals surface area (Å²) in [6.45, 7) is 8.10. The highest BCUT2D eigenvalue weighted by molar-refractivity contribution is 5.21. The van der Waals surface area contributed by atoms with Gasteiger partial charge in [0, 0.05) is 62.7 Å². The van der Waals surface area contributed by atoms with Crippen molar-refractivity contribution in [2.24, 2.45) is 0 Å². The summed E-state index contributed by atoms with van der Waals surface area (Å²) in [5.41, 5.74) is 2.22. The average molecular weight is 380 g/mol. The Bertz CT molecular complexity index is 771. The summed E-state index contributed by atoms with van der Waals surface area (Å²) in [5.74, 6) is 0.711. The Balaban J connectivity index is 1.17. The van der Waals surface area contributed by atoms with Gasteiger partial charge in [-0.3, -0.25) is 4.98 Å². The third-order valence-electron chi connectivity index (χ3n) is 5.43. The number of aryl methyl sites for hydroxylation is 1. The van der Waals surface area contributed by atoms with E-state index in [2.05, 4.69) is 59.5 Å². The Labute approximate surface area is 167 Å². The summed E-state index contributed by atoms with van der Waals surface area (Å²) in [7, 11) is 0. The Morgan fingerprint density at radius 1 is 1.07 bits per heavy atom. The van der Waals surface area contributed by atoms with E-state index < -0.39 is 0 Å². The Kier molecular flexibility index (Phi) is 6.01. The molecular formula is C21H29N7. The molecule has 0 amide bonds. The van der Waals surface area contributed by atoms with E-state index in [1.807, 2.05) is 19.1 Å². The molecule has 28 heavy (non-hydrogen) atoms. The minimum Gasteiger partial charge on any atom is -0.356 e. The van der Waals surface area contributed by atoms with Crippen molar-refractivity contribution in [3.63, 3.8) is 0 Å². The standard InChI is InChI=1S/C21H29N7/c1-18-4-2-5-19(25-18)16-27-14-15-28(17-27)20-6-11-26(12-7-20)13-10-24-21-22-8-3-9-23-21/h2-5,8-9,14-15,20H,6-7,10-13,16-17H2,1H3,(H,22,23,24). The quantitative estimate of drug-likeness (QED) is 0.792. The minimum absolute atomic E-state index is 0.633. The first-order valence-electron chi connectivity index (χ1n) is 10.1. The van der Waals surface area contributed by atoms with Crippen LogP contribution in [0.3, 0.4) is 0 Å². The predicted molar refractivity (Wildman–Crippen MR) is 110 cm³/mol. The first-order valence-corrected chi connectivity index (χ1v) is 10.1. The number of nitrogens with one attached hydrogen (secondary N) is 1. The fourth-order valence-electron chi connectivity index (χ4n) is 3.91. The molecule has 7 heteroatoms. The smallest absolute Gasteiger partial charge is 0.222 e. The van der Waals surface area contributed by atoms with Crippen molar-refractivity contribution in [3.05, 3.63) is 60.4 Å². The fraction of sp³-hybridized carbons (Fsp3) is 0.476. The van der Waals surface area contributed by atoms with E-state index in [9.17, 15) is 0 Å². The van der Waals surface area contributed by atoms with Gasteiger partial charge in [0.15, 0.2) is 0 Å². The Morgan fingerprint density at radius 3 is 2.68 bits per heavy atom. The molecule has 0 bridgehead atoms. The second-order valence-corrected chi connectivity index (χ2v) is 7.54. The lowest BCUT2D eigenvalue weighted by atomic mass is 10.0. The van der Waals surface area contributed by atoms with Crippen LogP contribution in [0.4, 0.5) is 5.95 Å². The van der Waals surface area contributed by atoms with E-state index in [0.29, 0.717) is 12.0 Å². The van der Waals surface area contributed by atoms with E-state index in [0.717, 1.165) is 50.8 Å². The second-order valence-electron chi connectivity index (χ2n) is 7.54. The Morgan fingerprint density at radius 2 is 1.89 bits per heavy atom. The van der Waals surface area contributed by atoms with Gasteiger partial charge in [0.2, 0.25) is 5.95 Å². The topological polar surface area (TPSA) is 60.4 Å². The highest BCUT2D eigenvalue weighted by atomic mass is 15.4. The fourth-order valence-corrected chi connectivity index (χ4v) is 3.91. The molecule has 2 aliphatic heterocycles. The van der Waals surface area contributed by atoms with Crippen molar-refractivity contribution < 1.29 is 0 Å². The van der Waals surface area contributed by atoms with Crippen LogP contribution in [-0.4, -0.2) is 68.5 Å². The molecule has 0 spiro atoms. The number of hydrogen-bond donors (Lipinski definition) is 1. The molecule has 4 heterocycles. The highest BCUT2D eigenvalue weighted by Crippen LogP contribution is 2.21. The van der Waals surface area contributed by atoms with E-state index in [1.165, 1.54) is 12.8 Å². The molecule has 0 unspecified atom stereocenters. The number of pyridine rings is 1. The van der Waals surface area contributed by atoms with Crippen molar-refractivity contribution in [1.29, 1.82) is 0 Å². The van der Waals surface area contributed by atoms with Gasteiger partial charge in [-0.2, -0.15) is 0 Å². The number of aromatic nitrogens is 3. The van der Waals surface area contributed by atoms with Gasteiger partial charge in [0.05, 0.1) is 18.9 Å². The molecule has 0 atom stereocenters. The molecule has 1 saturated heterocycles. The maximum Gasteiger partial charge on any atom is 0.222 e. The molecule has 1 fully saturated rings. The summed E-state index contributed by atoms with van der Waals surface area (Å²) in [5, 5.41) is 3.29. The lowest BCUT2D eigenvalue weighted by Gasteiger charge is -2.37. The SMILES string of the molecule is Cc1cccc(CN2C=CN(C3CCN(CCNc4ncccn4)CC3)C2)n1. The lowest BCUT2D eigenvalue weighted by Crippen LogP contribution is -2.44. The number of piperidine rings is 1. The molecular weight excluding hydrogens is 350 g/mol. The molecule has 7 nitrogen and oxygen atoms in total. The first-order chi connectivity index (χ1) is 13.8. The van der Waals surface area contributed by atoms with Gasteiger partial charge < -0.3 is 20.0 Å². The van der Waals surface area contributed by atoms with Crippen molar-refractivity contribution in [1.82, 2.24) is 29.7 Å². The normalized spacial score (nSPS) is 18.0. The third-order valence-corrected chi connectivity index (χ3v) is 5.43. The summed E-state index contributed by atoms with van der Waals surface area (Å²) in [6, 6.07) is 8.71. The number of rotatable bonds is 7. The zero-order valence-corrected chi connectivity index (χ0v) is 16.5. The molecule has 1 N–H and O–H groups in total. The number of hydrogen-bond acceptors (Lipinski definition) is 7. The van der Waals surface area contributed by atoms with Crippen LogP contribution in [0.1, 0.15) is 24.2 Å². The van der Waals surface area contributed by atoms with Crippen LogP contribution < -0.4 is 5.32 Å². The van der Waals surface area contributed by atoms with Crippen molar-refractivity contribution >= 4 is 5.95 Å². The largest absolute Gasteiger partial charge is 0.356 e. The van der Waals surface area contributed by atoms with Crippen LogP contribution in [0.15, 0.2) is 49.1 Å². The van der Waals surface area contributed by atoms with E-state index in [4.69, 9.17) is 0 Å². The van der Waals surface area contributed by atoms with Gasteiger partial charge in [-0.05, 0) is 38.0 Å².